The van der Waals surface area contributed by atoms with Crippen LogP contribution < -0.4 is 16.0 Å². The highest BCUT2D eigenvalue weighted by Gasteiger charge is 2.35. The standard InChI is InChI=1S/C23H33F3N4O5/c1-14-5-7-16(8-6-14)18(35-21(33)30-22(2,3)4)19(31)29-17-11-15(9-10-27-17)12-34-20(32)28-13-23(24,25)26/h9-11,14,16,18H,5-8,12-13H2,1-4H3,(H,28,32)(H,30,33)(H,27,29,31)/t14?,16?,18-/m0/s1. The lowest BCUT2D eigenvalue weighted by Gasteiger charge is -2.32. The van der Waals surface area contributed by atoms with Gasteiger partial charge in [-0.25, -0.2) is 14.6 Å². The second-order valence-electron chi connectivity index (χ2n) is 9.80. The number of anilines is 1. The van der Waals surface area contributed by atoms with E-state index >= 15 is 0 Å². The van der Waals surface area contributed by atoms with Gasteiger partial charge in [-0.05, 0) is 57.2 Å². The van der Waals surface area contributed by atoms with Crippen LogP contribution in [0.3, 0.4) is 0 Å². The van der Waals surface area contributed by atoms with Gasteiger partial charge in [0.05, 0.1) is 0 Å². The number of aromatic nitrogens is 1. The highest BCUT2D eigenvalue weighted by molar-refractivity contribution is 5.94. The molecule has 0 spiro atoms. The molecular formula is C23H33F3N4O5. The Bertz CT molecular complexity index is 881. The summed E-state index contributed by atoms with van der Waals surface area (Å²) in [6.45, 7) is 5.70. The maximum Gasteiger partial charge on any atom is 0.408 e. The van der Waals surface area contributed by atoms with Gasteiger partial charge < -0.3 is 25.4 Å². The molecule has 0 unspecified atom stereocenters. The van der Waals surface area contributed by atoms with Crippen LogP contribution in [0.5, 0.6) is 0 Å². The van der Waals surface area contributed by atoms with E-state index in [-0.39, 0.29) is 18.3 Å². The lowest BCUT2D eigenvalue weighted by molar-refractivity contribution is -0.128. The first-order valence-electron chi connectivity index (χ1n) is 11.4. The number of amides is 3. The molecule has 0 aliphatic heterocycles. The molecule has 2 rings (SSSR count). The Balaban J connectivity index is 2.02. The van der Waals surface area contributed by atoms with Gasteiger partial charge in [0.2, 0.25) is 0 Å². The molecule has 0 radical (unpaired) electrons. The van der Waals surface area contributed by atoms with Crippen LogP contribution >= 0.6 is 0 Å². The molecule has 35 heavy (non-hydrogen) atoms. The number of rotatable bonds is 7. The van der Waals surface area contributed by atoms with Crippen molar-refractivity contribution in [2.45, 2.75) is 77.8 Å². The number of carbonyl (C=O) groups is 3. The van der Waals surface area contributed by atoms with Crippen LogP contribution in [0.15, 0.2) is 18.3 Å². The Morgan fingerprint density at radius 2 is 1.77 bits per heavy atom. The molecule has 0 saturated heterocycles. The van der Waals surface area contributed by atoms with Crippen LogP contribution in [0.1, 0.15) is 58.9 Å². The zero-order valence-corrected chi connectivity index (χ0v) is 20.3. The molecule has 0 aromatic carbocycles. The van der Waals surface area contributed by atoms with E-state index in [0.29, 0.717) is 11.5 Å². The molecule has 3 N–H and O–H groups in total. The quantitative estimate of drug-likeness (QED) is 0.504. The fourth-order valence-corrected chi connectivity index (χ4v) is 3.61. The molecule has 196 valence electrons. The maximum atomic E-state index is 13.1. The number of alkyl halides is 3. The molecule has 1 aliphatic carbocycles. The van der Waals surface area contributed by atoms with Crippen LogP contribution in [0.2, 0.25) is 0 Å². The first-order valence-corrected chi connectivity index (χ1v) is 11.4. The summed E-state index contributed by atoms with van der Waals surface area (Å²) in [6.07, 6.45) is -2.85. The van der Waals surface area contributed by atoms with Crippen molar-refractivity contribution in [1.82, 2.24) is 15.6 Å². The molecule has 1 aliphatic rings. The number of pyridine rings is 1. The van der Waals surface area contributed by atoms with Crippen molar-refractivity contribution in [2.24, 2.45) is 11.8 Å². The van der Waals surface area contributed by atoms with Gasteiger partial charge in [0.25, 0.3) is 5.91 Å². The molecule has 3 amide bonds. The highest BCUT2D eigenvalue weighted by Crippen LogP contribution is 2.32. The number of ether oxygens (including phenoxy) is 2. The molecule has 1 aromatic rings. The maximum absolute atomic E-state index is 13.1. The van der Waals surface area contributed by atoms with Crippen molar-refractivity contribution in [3.8, 4) is 0 Å². The van der Waals surface area contributed by atoms with Gasteiger partial charge >= 0.3 is 18.4 Å². The molecule has 0 bridgehead atoms. The number of carbonyl (C=O) groups excluding carboxylic acids is 3. The number of alkyl carbamates (subject to hydrolysis) is 2. The summed E-state index contributed by atoms with van der Waals surface area (Å²) in [5.74, 6) is -0.0336. The third-order valence-electron chi connectivity index (χ3n) is 5.34. The van der Waals surface area contributed by atoms with Gasteiger partial charge in [-0.2, -0.15) is 13.2 Å². The topological polar surface area (TPSA) is 119 Å². The molecule has 1 aromatic heterocycles. The average Bonchev–Trinajstić information content (AvgIpc) is 2.74. The van der Waals surface area contributed by atoms with Crippen LogP contribution in [-0.4, -0.2) is 47.4 Å². The summed E-state index contributed by atoms with van der Waals surface area (Å²) in [4.78, 5) is 41.0. The summed E-state index contributed by atoms with van der Waals surface area (Å²) in [5.41, 5.74) is -0.145. The van der Waals surface area contributed by atoms with Gasteiger partial charge in [0.1, 0.15) is 19.0 Å². The van der Waals surface area contributed by atoms with Gasteiger partial charge in [-0.15, -0.1) is 0 Å². The Morgan fingerprint density at radius 1 is 1.11 bits per heavy atom. The fraction of sp³-hybridized carbons (Fsp3) is 0.652. The Morgan fingerprint density at radius 3 is 2.37 bits per heavy atom. The van der Waals surface area contributed by atoms with E-state index in [4.69, 9.17) is 9.47 Å². The fourth-order valence-electron chi connectivity index (χ4n) is 3.61. The van der Waals surface area contributed by atoms with Crippen molar-refractivity contribution in [2.75, 3.05) is 11.9 Å². The second-order valence-corrected chi connectivity index (χ2v) is 9.80. The molecular weight excluding hydrogens is 469 g/mol. The predicted octanol–water partition coefficient (Wildman–Crippen LogP) is 4.53. The van der Waals surface area contributed by atoms with Crippen LogP contribution in [-0.2, 0) is 20.9 Å². The minimum atomic E-state index is -4.55. The van der Waals surface area contributed by atoms with Gasteiger partial charge in [0, 0.05) is 17.7 Å². The van der Waals surface area contributed by atoms with E-state index in [2.05, 4.69) is 22.5 Å². The first-order chi connectivity index (χ1) is 16.2. The van der Waals surface area contributed by atoms with E-state index in [0.717, 1.165) is 25.7 Å². The van der Waals surface area contributed by atoms with E-state index < -0.39 is 42.5 Å². The largest absolute Gasteiger partial charge is 0.445 e. The SMILES string of the molecule is CC1CCC([C@H](OC(=O)NC(C)(C)C)C(=O)Nc2cc(COC(=O)NCC(F)(F)F)ccn2)CC1. The lowest BCUT2D eigenvalue weighted by Crippen LogP contribution is -2.47. The molecule has 1 fully saturated rings. The molecule has 1 heterocycles. The summed E-state index contributed by atoms with van der Waals surface area (Å²) < 4.78 is 46.8. The zero-order valence-electron chi connectivity index (χ0n) is 20.3. The van der Waals surface area contributed by atoms with Crippen LogP contribution in [0.4, 0.5) is 28.6 Å². The average molecular weight is 503 g/mol. The van der Waals surface area contributed by atoms with Gasteiger partial charge in [-0.1, -0.05) is 19.8 Å². The Kier molecular flexibility index (Phi) is 9.73. The zero-order chi connectivity index (χ0) is 26.2. The molecule has 9 nitrogen and oxygen atoms in total. The summed E-state index contributed by atoms with van der Waals surface area (Å²) in [5, 5.41) is 6.92. The number of halogens is 3. The minimum Gasteiger partial charge on any atom is -0.445 e. The minimum absolute atomic E-state index is 0.126. The van der Waals surface area contributed by atoms with Crippen molar-refractivity contribution >= 4 is 23.9 Å². The number of nitrogens with zero attached hydrogens (tertiary/aromatic N) is 1. The molecule has 1 saturated carbocycles. The Hall–Kier alpha value is -3.05. The monoisotopic (exact) mass is 502 g/mol. The number of hydrogen-bond donors (Lipinski definition) is 3. The molecule has 1 atom stereocenters. The van der Waals surface area contributed by atoms with Gasteiger partial charge in [0.15, 0.2) is 6.10 Å². The van der Waals surface area contributed by atoms with Crippen LogP contribution in [0.25, 0.3) is 0 Å². The van der Waals surface area contributed by atoms with E-state index in [1.54, 1.807) is 26.1 Å². The summed E-state index contributed by atoms with van der Waals surface area (Å²) in [7, 11) is 0. The van der Waals surface area contributed by atoms with Crippen molar-refractivity contribution in [3.63, 3.8) is 0 Å². The predicted molar refractivity (Wildman–Crippen MR) is 121 cm³/mol. The van der Waals surface area contributed by atoms with E-state index in [9.17, 15) is 27.6 Å². The molecule has 12 heteroatoms. The van der Waals surface area contributed by atoms with Gasteiger partial charge in [-0.3, -0.25) is 4.79 Å². The third kappa shape index (κ3) is 10.8. The summed E-state index contributed by atoms with van der Waals surface area (Å²) in [6, 6.07) is 2.91. The van der Waals surface area contributed by atoms with Crippen molar-refractivity contribution < 1.29 is 37.0 Å². The summed E-state index contributed by atoms with van der Waals surface area (Å²) >= 11 is 0. The second kappa shape index (κ2) is 12.1. The van der Waals surface area contributed by atoms with Crippen molar-refractivity contribution in [1.29, 1.82) is 0 Å². The third-order valence-corrected chi connectivity index (χ3v) is 5.34. The smallest absolute Gasteiger partial charge is 0.408 e. The van der Waals surface area contributed by atoms with E-state index in [1.807, 2.05) is 0 Å². The Labute approximate surface area is 202 Å². The lowest BCUT2D eigenvalue weighted by atomic mass is 9.80. The van der Waals surface area contributed by atoms with Crippen LogP contribution in [0, 0.1) is 11.8 Å². The highest BCUT2D eigenvalue weighted by atomic mass is 19.4. The number of nitrogens with one attached hydrogen (secondary N) is 3. The van der Waals surface area contributed by atoms with Crippen molar-refractivity contribution in [3.05, 3.63) is 23.9 Å². The first kappa shape index (κ1) is 28.2. The van der Waals surface area contributed by atoms with E-state index in [1.165, 1.54) is 18.3 Å². The normalized spacial score (nSPS) is 19.3. The number of hydrogen-bond acceptors (Lipinski definition) is 6.